The molecule has 11 heteroatoms. The van der Waals surface area contributed by atoms with E-state index in [1.807, 2.05) is 20.8 Å². The number of carbonyl (C=O) groups is 2. The predicted molar refractivity (Wildman–Crippen MR) is 168 cm³/mol. The average Bonchev–Trinajstić information content (AvgIpc) is 2.97. The number of carbonyl (C=O) groups excluding carboxylic acids is 2. The zero-order chi connectivity index (χ0) is 30.9. The Morgan fingerprint density at radius 1 is 0.905 bits per heavy atom. The highest BCUT2D eigenvalue weighted by Crippen LogP contribution is 2.29. The molecule has 0 spiro atoms. The minimum atomic E-state index is -4.18. The number of nitrogens with one attached hydrogen (secondary N) is 1. The molecule has 0 bridgehead atoms. The van der Waals surface area contributed by atoms with Crippen molar-refractivity contribution < 1.29 is 22.7 Å². The monoisotopic (exact) mass is 633 g/mol. The Kier molecular flexibility index (Phi) is 12.1. The Morgan fingerprint density at radius 2 is 1.52 bits per heavy atom. The van der Waals surface area contributed by atoms with Crippen LogP contribution >= 0.6 is 23.2 Å². The number of sulfonamides is 1. The fourth-order valence-electron chi connectivity index (χ4n) is 4.32. The van der Waals surface area contributed by atoms with Crippen LogP contribution in [-0.2, 0) is 26.2 Å². The lowest BCUT2D eigenvalue weighted by molar-refractivity contribution is -0.140. The summed E-state index contributed by atoms with van der Waals surface area (Å²) in [4.78, 5) is 28.9. The first-order valence-corrected chi connectivity index (χ1v) is 16.0. The standard InChI is InChI=1S/C31H37Cl2N3O5S/c1-5-29(31(38)34-19-22(3)4)35(20-26-27(32)13-10-14-28(26)33)30(37)21-36(23-15-17-24(18-16-23)41-6-2)42(39,40)25-11-8-7-9-12-25/h7-18,22,29H,5-6,19-21H2,1-4H3,(H,34,38). The molecular weight excluding hydrogens is 597 g/mol. The van der Waals surface area contributed by atoms with Gasteiger partial charge in [-0.05, 0) is 67.8 Å². The SMILES string of the molecule is CCOc1ccc(N(CC(=O)N(Cc2c(Cl)cccc2Cl)C(CC)C(=O)NCC(C)C)S(=O)(=O)c2ccccc2)cc1. The van der Waals surface area contributed by atoms with Gasteiger partial charge in [0.05, 0.1) is 17.2 Å². The second-order valence-electron chi connectivity index (χ2n) is 10.0. The van der Waals surface area contributed by atoms with Crippen LogP contribution in [0.25, 0.3) is 0 Å². The molecule has 2 amide bonds. The quantitative estimate of drug-likeness (QED) is 0.229. The summed E-state index contributed by atoms with van der Waals surface area (Å²) in [6.07, 6.45) is 0.284. The largest absolute Gasteiger partial charge is 0.494 e. The lowest BCUT2D eigenvalue weighted by Gasteiger charge is -2.33. The van der Waals surface area contributed by atoms with Gasteiger partial charge in [0.25, 0.3) is 10.0 Å². The number of ether oxygens (including phenoxy) is 1. The maximum Gasteiger partial charge on any atom is 0.264 e. The van der Waals surface area contributed by atoms with Gasteiger partial charge in [-0.2, -0.15) is 0 Å². The number of amides is 2. The van der Waals surface area contributed by atoms with Gasteiger partial charge in [-0.15, -0.1) is 0 Å². The Bertz CT molecular complexity index is 1430. The minimum absolute atomic E-state index is 0.0223. The van der Waals surface area contributed by atoms with E-state index in [1.54, 1.807) is 67.6 Å². The van der Waals surface area contributed by atoms with Crippen molar-refractivity contribution in [2.75, 3.05) is 24.0 Å². The number of rotatable bonds is 14. The van der Waals surface area contributed by atoms with Gasteiger partial charge in [0, 0.05) is 28.7 Å². The highest BCUT2D eigenvalue weighted by Gasteiger charge is 2.34. The number of hydrogen-bond donors (Lipinski definition) is 1. The molecule has 0 aliphatic rings. The maximum absolute atomic E-state index is 14.2. The Balaban J connectivity index is 2.08. The summed E-state index contributed by atoms with van der Waals surface area (Å²) in [6, 6.07) is 18.4. The topological polar surface area (TPSA) is 96.0 Å². The number of benzene rings is 3. The molecule has 0 aliphatic heterocycles. The highest BCUT2D eigenvalue weighted by molar-refractivity contribution is 7.92. The first-order chi connectivity index (χ1) is 20.0. The van der Waals surface area contributed by atoms with Crippen LogP contribution in [-0.4, -0.2) is 50.9 Å². The summed E-state index contributed by atoms with van der Waals surface area (Å²) in [5, 5.41) is 3.56. The second-order valence-corrected chi connectivity index (χ2v) is 12.7. The summed E-state index contributed by atoms with van der Waals surface area (Å²) >= 11 is 12.9. The van der Waals surface area contributed by atoms with Gasteiger partial charge >= 0.3 is 0 Å². The van der Waals surface area contributed by atoms with Crippen molar-refractivity contribution >= 4 is 50.7 Å². The molecule has 0 heterocycles. The second kappa shape index (κ2) is 15.3. The molecule has 42 heavy (non-hydrogen) atoms. The van der Waals surface area contributed by atoms with Crippen LogP contribution in [0, 0.1) is 5.92 Å². The van der Waals surface area contributed by atoms with Gasteiger partial charge in [0.2, 0.25) is 11.8 Å². The molecule has 0 aliphatic carbocycles. The van der Waals surface area contributed by atoms with Gasteiger partial charge in [-0.3, -0.25) is 13.9 Å². The zero-order valence-electron chi connectivity index (χ0n) is 24.2. The van der Waals surface area contributed by atoms with Crippen molar-refractivity contribution in [2.45, 2.75) is 51.6 Å². The van der Waals surface area contributed by atoms with E-state index in [1.165, 1.54) is 17.0 Å². The van der Waals surface area contributed by atoms with Crippen LogP contribution in [0.15, 0.2) is 77.7 Å². The van der Waals surface area contributed by atoms with Crippen LogP contribution in [0.3, 0.4) is 0 Å². The van der Waals surface area contributed by atoms with Crippen molar-refractivity contribution in [1.29, 1.82) is 0 Å². The van der Waals surface area contributed by atoms with Crippen molar-refractivity contribution in [1.82, 2.24) is 10.2 Å². The van der Waals surface area contributed by atoms with E-state index in [-0.39, 0.29) is 35.4 Å². The Hall–Kier alpha value is -3.27. The third kappa shape index (κ3) is 8.40. The number of hydrogen-bond acceptors (Lipinski definition) is 5. The highest BCUT2D eigenvalue weighted by atomic mass is 35.5. The molecule has 3 aromatic rings. The van der Waals surface area contributed by atoms with Crippen LogP contribution in [0.4, 0.5) is 5.69 Å². The molecule has 8 nitrogen and oxygen atoms in total. The summed E-state index contributed by atoms with van der Waals surface area (Å²) in [6.45, 7) is 7.78. The van der Waals surface area contributed by atoms with Gasteiger partial charge in [-0.25, -0.2) is 8.42 Å². The molecule has 0 saturated heterocycles. The lowest BCUT2D eigenvalue weighted by Crippen LogP contribution is -2.52. The van der Waals surface area contributed by atoms with E-state index in [2.05, 4.69) is 5.32 Å². The molecule has 1 unspecified atom stereocenters. The molecule has 0 fully saturated rings. The van der Waals surface area contributed by atoms with Crippen molar-refractivity contribution in [3.05, 3.63) is 88.4 Å². The van der Waals surface area contributed by atoms with Crippen LogP contribution in [0.1, 0.15) is 39.7 Å². The van der Waals surface area contributed by atoms with Gasteiger partial charge in [0.15, 0.2) is 0 Å². The molecule has 3 rings (SSSR count). The molecule has 0 aromatic heterocycles. The predicted octanol–water partition coefficient (Wildman–Crippen LogP) is 6.17. The van der Waals surface area contributed by atoms with Gasteiger partial charge in [-0.1, -0.05) is 68.2 Å². The van der Waals surface area contributed by atoms with Crippen molar-refractivity contribution in [2.24, 2.45) is 5.92 Å². The van der Waals surface area contributed by atoms with E-state index < -0.39 is 28.5 Å². The number of nitrogens with zero attached hydrogens (tertiary/aromatic N) is 2. The Labute approximate surface area is 258 Å². The third-order valence-corrected chi connectivity index (χ3v) is 9.00. The molecule has 0 saturated carbocycles. The third-order valence-electron chi connectivity index (χ3n) is 6.51. The van der Waals surface area contributed by atoms with Crippen LogP contribution < -0.4 is 14.4 Å². The van der Waals surface area contributed by atoms with E-state index in [0.29, 0.717) is 34.5 Å². The van der Waals surface area contributed by atoms with E-state index in [0.717, 1.165) is 4.31 Å². The van der Waals surface area contributed by atoms with Crippen molar-refractivity contribution in [3.63, 3.8) is 0 Å². The summed E-state index contributed by atoms with van der Waals surface area (Å²) in [5.74, 6) is -0.181. The first kappa shape index (κ1) is 33.2. The summed E-state index contributed by atoms with van der Waals surface area (Å²) in [5.41, 5.74) is 0.728. The first-order valence-electron chi connectivity index (χ1n) is 13.8. The minimum Gasteiger partial charge on any atom is -0.494 e. The normalized spacial score (nSPS) is 12.1. The number of halogens is 2. The summed E-state index contributed by atoms with van der Waals surface area (Å²) < 4.78 is 34.4. The molecule has 226 valence electrons. The average molecular weight is 635 g/mol. The Morgan fingerprint density at radius 3 is 2.07 bits per heavy atom. The zero-order valence-corrected chi connectivity index (χ0v) is 26.5. The van der Waals surface area contributed by atoms with Crippen molar-refractivity contribution in [3.8, 4) is 5.75 Å². The van der Waals surface area contributed by atoms with Gasteiger partial charge in [0.1, 0.15) is 18.3 Å². The molecule has 1 atom stereocenters. The molecular formula is C31H37Cl2N3O5S. The van der Waals surface area contributed by atoms with Crippen LogP contribution in [0.5, 0.6) is 5.75 Å². The fourth-order valence-corrected chi connectivity index (χ4v) is 6.27. The molecule has 3 aromatic carbocycles. The smallest absolute Gasteiger partial charge is 0.264 e. The lowest BCUT2D eigenvalue weighted by atomic mass is 10.1. The van der Waals surface area contributed by atoms with E-state index in [4.69, 9.17) is 27.9 Å². The fraction of sp³-hybridized carbons (Fsp3) is 0.355. The van der Waals surface area contributed by atoms with Gasteiger partial charge < -0.3 is 15.0 Å². The molecule has 1 N–H and O–H groups in total. The molecule has 0 radical (unpaired) electrons. The van der Waals surface area contributed by atoms with Crippen LogP contribution in [0.2, 0.25) is 10.0 Å². The van der Waals surface area contributed by atoms with E-state index >= 15 is 0 Å². The van der Waals surface area contributed by atoms with E-state index in [9.17, 15) is 18.0 Å². The summed E-state index contributed by atoms with van der Waals surface area (Å²) in [7, 11) is -4.18. The maximum atomic E-state index is 14.2. The number of anilines is 1.